The van der Waals surface area contributed by atoms with E-state index in [0.717, 1.165) is 38.4 Å². The molecule has 3 atom stereocenters. The first kappa shape index (κ1) is 13.9. The van der Waals surface area contributed by atoms with Gasteiger partial charge in [0.25, 0.3) is 0 Å². The normalized spacial score (nSPS) is 32.4. The van der Waals surface area contributed by atoms with Gasteiger partial charge in [-0.15, -0.1) is 5.10 Å². The molecule has 2 fully saturated rings. The second-order valence-corrected chi connectivity index (χ2v) is 5.95. The molecule has 0 amide bonds. The van der Waals surface area contributed by atoms with Crippen molar-refractivity contribution in [2.24, 2.45) is 12.8 Å². The van der Waals surface area contributed by atoms with Gasteiger partial charge in [0.05, 0.1) is 12.6 Å². The number of rotatable bonds is 3. The topological polar surface area (TPSA) is 82.1 Å². The molecule has 1 aromatic heterocycles. The lowest BCUT2D eigenvalue weighted by Crippen LogP contribution is -2.51. The molecule has 7 nitrogen and oxygen atoms in total. The molecular formula is C13H24N6O. The van der Waals surface area contributed by atoms with Gasteiger partial charge in [-0.05, 0) is 42.7 Å². The summed E-state index contributed by atoms with van der Waals surface area (Å²) in [5.74, 6) is 0.914. The second kappa shape index (κ2) is 6.15. The molecule has 0 saturated carbocycles. The van der Waals surface area contributed by atoms with E-state index >= 15 is 0 Å². The summed E-state index contributed by atoms with van der Waals surface area (Å²) in [5, 5.41) is 11.7. The van der Waals surface area contributed by atoms with Crippen molar-refractivity contribution < 1.29 is 4.74 Å². The summed E-state index contributed by atoms with van der Waals surface area (Å²) in [6.07, 6.45) is 5.91. The molecule has 20 heavy (non-hydrogen) atoms. The molecule has 0 spiro atoms. The predicted molar refractivity (Wildman–Crippen MR) is 73.8 cm³/mol. The van der Waals surface area contributed by atoms with Gasteiger partial charge in [0.15, 0.2) is 5.82 Å². The molecule has 3 heterocycles. The highest BCUT2D eigenvalue weighted by molar-refractivity contribution is 4.91. The summed E-state index contributed by atoms with van der Waals surface area (Å²) >= 11 is 0. The van der Waals surface area contributed by atoms with E-state index in [4.69, 9.17) is 10.5 Å². The van der Waals surface area contributed by atoms with Crippen molar-refractivity contribution in [1.82, 2.24) is 25.1 Å². The fourth-order valence-corrected chi connectivity index (χ4v) is 3.32. The van der Waals surface area contributed by atoms with E-state index in [-0.39, 0.29) is 12.1 Å². The lowest BCUT2D eigenvalue weighted by atomic mass is 9.91. The first-order valence-corrected chi connectivity index (χ1v) is 7.56. The maximum atomic E-state index is 6.10. The lowest BCUT2D eigenvalue weighted by molar-refractivity contribution is -0.0610. The number of ether oxygens (including phenoxy) is 1. The zero-order valence-corrected chi connectivity index (χ0v) is 12.1. The molecule has 7 heteroatoms. The van der Waals surface area contributed by atoms with E-state index in [1.54, 1.807) is 4.68 Å². The molecule has 2 saturated heterocycles. The number of nitrogens with two attached hydrogens (primary N) is 1. The van der Waals surface area contributed by atoms with Crippen LogP contribution in [0.15, 0.2) is 0 Å². The fraction of sp³-hybridized carbons (Fsp3) is 0.923. The third-order valence-corrected chi connectivity index (χ3v) is 4.50. The van der Waals surface area contributed by atoms with Gasteiger partial charge in [-0.1, -0.05) is 6.42 Å². The highest BCUT2D eigenvalue weighted by Crippen LogP contribution is 2.27. The zero-order valence-electron chi connectivity index (χ0n) is 12.1. The number of hydrogen-bond donors (Lipinski definition) is 1. The molecule has 3 rings (SSSR count). The third-order valence-electron chi connectivity index (χ3n) is 4.50. The van der Waals surface area contributed by atoms with Crippen LogP contribution in [0, 0.1) is 0 Å². The second-order valence-electron chi connectivity index (χ2n) is 5.95. The minimum absolute atomic E-state index is 0.264. The molecule has 2 N–H and O–H groups in total. The number of aromatic nitrogens is 4. The summed E-state index contributed by atoms with van der Waals surface area (Å²) in [5.41, 5.74) is 6.10. The van der Waals surface area contributed by atoms with Crippen LogP contribution in [0.5, 0.6) is 0 Å². The van der Waals surface area contributed by atoms with Crippen molar-refractivity contribution in [2.75, 3.05) is 13.2 Å². The van der Waals surface area contributed by atoms with E-state index in [9.17, 15) is 0 Å². The number of hydrogen-bond acceptors (Lipinski definition) is 6. The minimum Gasteiger partial charge on any atom is -0.376 e. The first-order chi connectivity index (χ1) is 9.74. The summed E-state index contributed by atoms with van der Waals surface area (Å²) in [6.45, 7) is 2.68. The number of piperidine rings is 1. The molecule has 0 radical (unpaired) electrons. The summed E-state index contributed by atoms with van der Waals surface area (Å²) in [6, 6.07) is 0.737. The van der Waals surface area contributed by atoms with E-state index < -0.39 is 0 Å². The SMILES string of the molecule is Cn1nnnc1CN1CCCCC1C1CC(N)CCO1. The monoisotopic (exact) mass is 280 g/mol. The van der Waals surface area contributed by atoms with Crippen molar-refractivity contribution in [3.8, 4) is 0 Å². The van der Waals surface area contributed by atoms with Crippen LogP contribution >= 0.6 is 0 Å². The van der Waals surface area contributed by atoms with Crippen LogP contribution in [-0.2, 0) is 18.3 Å². The molecule has 0 aromatic carbocycles. The zero-order chi connectivity index (χ0) is 13.9. The van der Waals surface area contributed by atoms with Gasteiger partial charge in [-0.2, -0.15) is 0 Å². The van der Waals surface area contributed by atoms with E-state index in [1.165, 1.54) is 19.3 Å². The van der Waals surface area contributed by atoms with Crippen LogP contribution in [-0.4, -0.2) is 56.4 Å². The third kappa shape index (κ3) is 2.99. The van der Waals surface area contributed by atoms with Crippen LogP contribution in [0.4, 0.5) is 0 Å². The molecule has 2 aliphatic heterocycles. The quantitative estimate of drug-likeness (QED) is 0.844. The standard InChI is InChI=1S/C13H24N6O/c1-18-13(15-16-17-18)9-19-6-3-2-4-11(19)12-8-10(14)5-7-20-12/h10-12H,2-9,14H2,1H3. The Morgan fingerprint density at radius 1 is 1.35 bits per heavy atom. The molecule has 0 aliphatic carbocycles. The highest BCUT2D eigenvalue weighted by Gasteiger charge is 2.34. The lowest BCUT2D eigenvalue weighted by Gasteiger charge is -2.42. The van der Waals surface area contributed by atoms with E-state index in [0.29, 0.717) is 6.04 Å². The number of likely N-dealkylation sites (tertiary alicyclic amines) is 1. The Bertz CT molecular complexity index is 436. The van der Waals surface area contributed by atoms with Crippen molar-refractivity contribution in [3.63, 3.8) is 0 Å². The van der Waals surface area contributed by atoms with Crippen LogP contribution in [0.25, 0.3) is 0 Å². The summed E-state index contributed by atoms with van der Waals surface area (Å²) in [4.78, 5) is 2.47. The number of aryl methyl sites for hydroxylation is 1. The Labute approximate surface area is 119 Å². The fourth-order valence-electron chi connectivity index (χ4n) is 3.32. The average molecular weight is 280 g/mol. The molecule has 1 aromatic rings. The van der Waals surface area contributed by atoms with Gasteiger partial charge in [0.1, 0.15) is 0 Å². The Balaban J connectivity index is 1.68. The van der Waals surface area contributed by atoms with Crippen molar-refractivity contribution in [2.45, 2.75) is 56.8 Å². The predicted octanol–water partition coefficient (Wildman–Crippen LogP) is 0.0709. The Morgan fingerprint density at radius 2 is 2.25 bits per heavy atom. The van der Waals surface area contributed by atoms with Gasteiger partial charge in [0.2, 0.25) is 0 Å². The molecule has 112 valence electrons. The van der Waals surface area contributed by atoms with Gasteiger partial charge in [0, 0.05) is 25.7 Å². The Hall–Kier alpha value is -1.05. The van der Waals surface area contributed by atoms with Crippen LogP contribution < -0.4 is 5.73 Å². The Kier molecular flexibility index (Phi) is 4.28. The van der Waals surface area contributed by atoms with Gasteiger partial charge < -0.3 is 10.5 Å². The maximum Gasteiger partial charge on any atom is 0.164 e. The largest absolute Gasteiger partial charge is 0.376 e. The van der Waals surface area contributed by atoms with Crippen molar-refractivity contribution >= 4 is 0 Å². The molecule has 3 unspecified atom stereocenters. The first-order valence-electron chi connectivity index (χ1n) is 7.56. The van der Waals surface area contributed by atoms with Gasteiger partial charge in [-0.25, -0.2) is 4.68 Å². The van der Waals surface area contributed by atoms with Gasteiger partial charge in [-0.3, -0.25) is 4.90 Å². The Morgan fingerprint density at radius 3 is 3.00 bits per heavy atom. The molecule has 0 bridgehead atoms. The van der Waals surface area contributed by atoms with E-state index in [1.807, 2.05) is 7.05 Å². The smallest absolute Gasteiger partial charge is 0.164 e. The highest BCUT2D eigenvalue weighted by atomic mass is 16.5. The summed E-state index contributed by atoms with van der Waals surface area (Å²) in [7, 11) is 1.89. The van der Waals surface area contributed by atoms with Crippen LogP contribution in [0.1, 0.15) is 37.9 Å². The molecular weight excluding hydrogens is 256 g/mol. The van der Waals surface area contributed by atoms with Crippen molar-refractivity contribution in [3.05, 3.63) is 5.82 Å². The van der Waals surface area contributed by atoms with Crippen molar-refractivity contribution in [1.29, 1.82) is 0 Å². The van der Waals surface area contributed by atoms with Crippen LogP contribution in [0.2, 0.25) is 0 Å². The minimum atomic E-state index is 0.264. The van der Waals surface area contributed by atoms with E-state index in [2.05, 4.69) is 20.4 Å². The van der Waals surface area contributed by atoms with Gasteiger partial charge >= 0.3 is 0 Å². The molecule has 2 aliphatic rings. The average Bonchev–Trinajstić information content (AvgIpc) is 2.85. The summed E-state index contributed by atoms with van der Waals surface area (Å²) < 4.78 is 7.74. The number of nitrogens with zero attached hydrogens (tertiary/aromatic N) is 5. The number of tetrazole rings is 1. The van der Waals surface area contributed by atoms with Crippen LogP contribution in [0.3, 0.4) is 0 Å². The maximum absolute atomic E-state index is 6.10.